The van der Waals surface area contributed by atoms with Crippen LogP contribution in [0.15, 0.2) is 18.2 Å². The normalized spacial score (nSPS) is 15.4. The number of nitrogens with zero attached hydrogens (tertiary/aromatic N) is 1. The number of rotatable bonds is 3. The monoisotopic (exact) mass is 269 g/mol. The fourth-order valence-corrected chi connectivity index (χ4v) is 3.12. The lowest BCUT2D eigenvalue weighted by atomic mass is 10.0. The van der Waals surface area contributed by atoms with Gasteiger partial charge in [0.05, 0.1) is 18.6 Å². The number of hydrogen-bond donors (Lipinski definition) is 0. The van der Waals surface area contributed by atoms with Crippen molar-refractivity contribution in [2.24, 2.45) is 0 Å². The quantitative estimate of drug-likeness (QED) is 0.833. The maximum Gasteiger partial charge on any atom is 0.234 e. The second-order valence-electron chi connectivity index (χ2n) is 4.03. The summed E-state index contributed by atoms with van der Waals surface area (Å²) >= 11 is 0. The van der Waals surface area contributed by atoms with E-state index < -0.39 is 10.0 Å². The molecule has 0 N–H and O–H groups in total. The summed E-state index contributed by atoms with van der Waals surface area (Å²) in [6.07, 6.45) is 0.221. The second-order valence-corrected chi connectivity index (χ2v) is 6.21. The molecular weight excluding hydrogens is 254 g/mol. The molecule has 5 nitrogen and oxygen atoms in total. The van der Waals surface area contributed by atoms with Gasteiger partial charge in [-0.2, -0.15) is 0 Å². The molecule has 1 heterocycles. The Morgan fingerprint density at radius 3 is 2.72 bits per heavy atom. The number of ketones is 1. The fourth-order valence-electron chi connectivity index (χ4n) is 1.98. The third-order valence-electron chi connectivity index (χ3n) is 3.02. The van der Waals surface area contributed by atoms with Gasteiger partial charge in [-0.1, -0.05) is 0 Å². The van der Waals surface area contributed by atoms with Crippen LogP contribution in [0.3, 0.4) is 0 Å². The molecule has 0 fully saturated rings. The average molecular weight is 269 g/mol. The van der Waals surface area contributed by atoms with Crippen LogP contribution < -0.4 is 9.04 Å². The molecule has 2 rings (SSSR count). The number of methoxy groups -OCH3 is 1. The van der Waals surface area contributed by atoms with Crippen molar-refractivity contribution in [2.45, 2.75) is 13.3 Å². The van der Waals surface area contributed by atoms with E-state index in [0.717, 1.165) is 0 Å². The highest BCUT2D eigenvalue weighted by molar-refractivity contribution is 7.92. The van der Waals surface area contributed by atoms with Crippen molar-refractivity contribution >= 4 is 21.5 Å². The number of Topliss-reactive ketones (excluding diaryl/α,β-unsaturated/α-hetero) is 1. The second kappa shape index (κ2) is 4.61. The molecule has 0 saturated carbocycles. The van der Waals surface area contributed by atoms with Gasteiger partial charge in [0.1, 0.15) is 5.75 Å². The van der Waals surface area contributed by atoms with Crippen molar-refractivity contribution in [1.82, 2.24) is 0 Å². The highest BCUT2D eigenvalue weighted by Crippen LogP contribution is 2.32. The van der Waals surface area contributed by atoms with E-state index in [9.17, 15) is 13.2 Å². The van der Waals surface area contributed by atoms with E-state index in [0.29, 0.717) is 17.0 Å². The zero-order valence-corrected chi connectivity index (χ0v) is 11.2. The third-order valence-corrected chi connectivity index (χ3v) is 4.80. The van der Waals surface area contributed by atoms with Gasteiger partial charge in [0, 0.05) is 24.6 Å². The van der Waals surface area contributed by atoms with Crippen molar-refractivity contribution in [3.05, 3.63) is 23.8 Å². The van der Waals surface area contributed by atoms with Gasteiger partial charge in [-0.3, -0.25) is 9.10 Å². The summed E-state index contributed by atoms with van der Waals surface area (Å²) in [4.78, 5) is 11.8. The van der Waals surface area contributed by atoms with Gasteiger partial charge in [-0.05, 0) is 19.1 Å². The molecule has 1 aromatic carbocycles. The molecule has 0 unspecified atom stereocenters. The Kier molecular flexibility index (Phi) is 3.30. The molecule has 18 heavy (non-hydrogen) atoms. The fraction of sp³-hybridized carbons (Fsp3) is 0.417. The summed E-state index contributed by atoms with van der Waals surface area (Å²) in [5.41, 5.74) is 0.867. The Balaban J connectivity index is 2.58. The minimum atomic E-state index is -3.36. The number of carbonyl (C=O) groups excluding carboxylic acids is 1. The number of benzene rings is 1. The van der Waals surface area contributed by atoms with Crippen molar-refractivity contribution in [3.8, 4) is 5.75 Å². The molecule has 0 atom stereocenters. The third kappa shape index (κ3) is 2.08. The lowest BCUT2D eigenvalue weighted by Crippen LogP contribution is -2.38. The summed E-state index contributed by atoms with van der Waals surface area (Å²) in [6, 6.07) is 4.88. The Hall–Kier alpha value is -1.56. The number of sulfonamides is 1. The van der Waals surface area contributed by atoms with Gasteiger partial charge < -0.3 is 4.74 Å². The zero-order valence-electron chi connectivity index (χ0n) is 10.3. The highest BCUT2D eigenvalue weighted by atomic mass is 32.2. The van der Waals surface area contributed by atoms with E-state index in [2.05, 4.69) is 0 Å². The molecule has 1 aliphatic rings. The number of fused-ring (bicyclic) bond motifs is 1. The molecule has 1 aromatic rings. The predicted octanol–water partition coefficient (Wildman–Crippen LogP) is 1.44. The first kappa shape index (κ1) is 12.9. The van der Waals surface area contributed by atoms with Crippen LogP contribution >= 0.6 is 0 Å². The van der Waals surface area contributed by atoms with Gasteiger partial charge in [-0.15, -0.1) is 0 Å². The standard InChI is InChI=1S/C12H15NO4S/c1-3-18(15,16)13-7-6-12(14)10-5-4-9(17-2)8-11(10)13/h4-5,8H,3,6-7H2,1-2H3. The van der Waals surface area contributed by atoms with Gasteiger partial charge in [0.2, 0.25) is 10.0 Å². The summed E-state index contributed by atoms with van der Waals surface area (Å²) in [5, 5.41) is 0. The van der Waals surface area contributed by atoms with E-state index in [1.165, 1.54) is 11.4 Å². The van der Waals surface area contributed by atoms with Crippen LogP contribution in [0.1, 0.15) is 23.7 Å². The molecule has 98 valence electrons. The van der Waals surface area contributed by atoms with E-state index >= 15 is 0 Å². The topological polar surface area (TPSA) is 63.7 Å². The SMILES string of the molecule is CCS(=O)(=O)N1CCC(=O)c2ccc(OC)cc21. The van der Waals surface area contributed by atoms with Gasteiger partial charge >= 0.3 is 0 Å². The smallest absolute Gasteiger partial charge is 0.234 e. The lowest BCUT2D eigenvalue weighted by Gasteiger charge is -2.29. The molecule has 0 spiro atoms. The zero-order chi connectivity index (χ0) is 13.3. The van der Waals surface area contributed by atoms with Crippen LogP contribution in [0.2, 0.25) is 0 Å². The van der Waals surface area contributed by atoms with Crippen LogP contribution in [0, 0.1) is 0 Å². The molecule has 0 amide bonds. The number of hydrogen-bond acceptors (Lipinski definition) is 4. The van der Waals surface area contributed by atoms with Crippen molar-refractivity contribution < 1.29 is 17.9 Å². The molecule has 0 radical (unpaired) electrons. The number of ether oxygens (including phenoxy) is 1. The van der Waals surface area contributed by atoms with E-state index in [1.54, 1.807) is 25.1 Å². The molecular formula is C12H15NO4S. The average Bonchev–Trinajstić information content (AvgIpc) is 2.38. The molecule has 0 bridgehead atoms. The molecule has 6 heteroatoms. The maximum atomic E-state index is 12.0. The highest BCUT2D eigenvalue weighted by Gasteiger charge is 2.30. The summed E-state index contributed by atoms with van der Waals surface area (Å²) in [7, 11) is -1.85. The minimum Gasteiger partial charge on any atom is -0.497 e. The molecule has 0 saturated heterocycles. The van der Waals surface area contributed by atoms with Crippen LogP contribution in [-0.4, -0.2) is 33.6 Å². The first-order chi connectivity index (χ1) is 8.49. The first-order valence-electron chi connectivity index (χ1n) is 5.71. The Bertz CT molecular complexity index is 580. The molecule has 0 aliphatic carbocycles. The lowest BCUT2D eigenvalue weighted by molar-refractivity contribution is 0.0982. The van der Waals surface area contributed by atoms with E-state index in [4.69, 9.17) is 4.74 Å². The van der Waals surface area contributed by atoms with E-state index in [1.807, 2.05) is 0 Å². The van der Waals surface area contributed by atoms with Crippen molar-refractivity contribution in [1.29, 1.82) is 0 Å². The van der Waals surface area contributed by atoms with Crippen LogP contribution in [0.5, 0.6) is 5.75 Å². The van der Waals surface area contributed by atoms with Gasteiger partial charge in [0.15, 0.2) is 5.78 Å². The van der Waals surface area contributed by atoms with Crippen LogP contribution in [0.4, 0.5) is 5.69 Å². The van der Waals surface area contributed by atoms with Gasteiger partial charge in [0.25, 0.3) is 0 Å². The predicted molar refractivity (Wildman–Crippen MR) is 68.7 cm³/mol. The molecule has 0 aromatic heterocycles. The summed E-state index contributed by atoms with van der Waals surface area (Å²) in [5.74, 6) is 0.521. The Morgan fingerprint density at radius 2 is 2.11 bits per heavy atom. The Morgan fingerprint density at radius 1 is 1.39 bits per heavy atom. The number of anilines is 1. The summed E-state index contributed by atoms with van der Waals surface area (Å²) < 4.78 is 30.4. The largest absolute Gasteiger partial charge is 0.497 e. The Labute approximate surface area is 106 Å². The number of carbonyl (C=O) groups is 1. The first-order valence-corrected chi connectivity index (χ1v) is 7.32. The van der Waals surface area contributed by atoms with Gasteiger partial charge in [-0.25, -0.2) is 8.42 Å². The van der Waals surface area contributed by atoms with Crippen molar-refractivity contribution in [3.63, 3.8) is 0 Å². The van der Waals surface area contributed by atoms with Crippen LogP contribution in [0.25, 0.3) is 0 Å². The molecule has 1 aliphatic heterocycles. The van der Waals surface area contributed by atoms with Crippen molar-refractivity contribution in [2.75, 3.05) is 23.7 Å². The maximum absolute atomic E-state index is 12.0. The van der Waals surface area contributed by atoms with Crippen LogP contribution in [-0.2, 0) is 10.0 Å². The minimum absolute atomic E-state index is 0.0117. The summed E-state index contributed by atoms with van der Waals surface area (Å²) in [6.45, 7) is 1.79. The van der Waals surface area contributed by atoms with E-state index in [-0.39, 0.29) is 24.5 Å².